The molecule has 3 aromatic rings. The quantitative estimate of drug-likeness (QED) is 0.0661. The van der Waals surface area contributed by atoms with Crippen molar-refractivity contribution in [1.82, 2.24) is 29.3 Å². The number of aryl methyl sites for hydroxylation is 3. The smallest absolute Gasteiger partial charge is 0.203 e. The fourth-order valence-corrected chi connectivity index (χ4v) is 32.4. The van der Waals surface area contributed by atoms with Crippen LogP contribution in [0.5, 0.6) is 0 Å². The number of nitrogens with zero attached hydrogens (tertiary/aromatic N) is 7. The first kappa shape index (κ1) is 108. The zero-order valence-corrected chi connectivity index (χ0v) is 90.8. The highest BCUT2D eigenvalue weighted by Crippen LogP contribution is 2.69. The maximum absolute atomic E-state index is 12.5. The number of hydrogen-bond donors (Lipinski definition) is 2. The van der Waals surface area contributed by atoms with Crippen molar-refractivity contribution < 1.29 is 95.8 Å². The Hall–Kier alpha value is -6.78. The number of carbonyl (C=O) groups is 6. The van der Waals surface area contributed by atoms with Crippen molar-refractivity contribution in [3.05, 3.63) is 110 Å². The lowest BCUT2D eigenvalue weighted by molar-refractivity contribution is -0.276. The van der Waals surface area contributed by atoms with Gasteiger partial charge in [-0.1, -0.05) is 156 Å². The molecule has 0 amide bonds. The number of ether oxygens (including phenoxy) is 12. The largest absolute Gasteiger partial charge is 0.523 e. The van der Waals surface area contributed by atoms with Crippen LogP contribution in [0.15, 0.2) is 65.2 Å². The third kappa shape index (κ3) is 17.8. The molecule has 19 aliphatic rings. The molecule has 0 unspecified atom stereocenters. The number of aliphatic hydroxyl groups is 2. The standard InChI is InChI=1S/C16H24N2O2.C15H19N3O.C15H22O4.C14H20N2O.C14H22O3.C14H24O3.C14H22O3.C12H18O3/c1-14(2)12-9-11-10-18(4)17-13(11)15(12,3)5-6-16(14)19-7-8-20-16;1-14(2)11-6-9-8-18(5)17-12(9)15(11,3)7-10(16-4)13(14)19;1-13(2)11-8-10(9-16)12(17)14(11,3)4-5-15(13)18-6-7-19-15;1-13(2)10-7-9-8-16(4)15-12(9)14(10,3)6-5-11(13)17;1-12(2)10-4-5-11(15)13(10,3)6-7-14(12)16-8-9-17-14;2*1-13(2)10-5-6-12(17-9-16-4)14(10,3)8-7-11(13)15;1-12-6-5-10(13)7-9(12)3-4-11(12)15-8-14-2/h10,12H,5-9H2,1-4H3;8,11,19H,6-7H2,1-3,5H3;9,11,16H,4-8H2,1-3H3;8,10H,5-7H2,1-4H3;10H,4-9H2,1-3H3;10,12H,5-9H2,1-4H3;5,12H,6-9H2,1-4H3;7,11H,3-6,8H2,1-2H3/b;;10-9-;;;;;/t12-,15+;11-,15+;11-,14+;10-,14+;10-,13+;10-,12+,14+;12-,14-;11-,12-/m11111100/s1. The molecule has 10 saturated carbocycles. The van der Waals surface area contributed by atoms with Gasteiger partial charge in [-0.05, 0) is 193 Å². The van der Waals surface area contributed by atoms with E-state index in [0.717, 1.165) is 154 Å². The van der Waals surface area contributed by atoms with Crippen molar-refractivity contribution in [3.8, 4) is 0 Å². The molecule has 0 bridgehead atoms. The van der Waals surface area contributed by atoms with Crippen LogP contribution >= 0.6 is 0 Å². The molecule has 27 nitrogen and oxygen atoms in total. The molecule has 27 heteroatoms. The Kier molecular flexibility index (Phi) is 29.8. The van der Waals surface area contributed by atoms with E-state index in [0.29, 0.717) is 149 Å². The van der Waals surface area contributed by atoms with Crippen molar-refractivity contribution >= 4 is 34.7 Å². The second kappa shape index (κ2) is 38.7. The second-order valence-electron chi connectivity index (χ2n) is 51.0. The van der Waals surface area contributed by atoms with E-state index in [4.69, 9.17) is 68.5 Å². The predicted octanol–water partition coefficient (Wildman–Crippen LogP) is 20.3. The van der Waals surface area contributed by atoms with E-state index < -0.39 is 17.0 Å². The topological polar surface area (TPSA) is 311 Å². The van der Waals surface area contributed by atoms with E-state index in [9.17, 15) is 39.0 Å². The molecule has 3 aromatic heterocycles. The predicted molar refractivity (Wildman–Crippen MR) is 534 cm³/mol. The Morgan fingerprint density at radius 3 is 1.34 bits per heavy atom. The average Bonchev–Trinajstić information content (AvgIpc) is 1.54. The van der Waals surface area contributed by atoms with Crippen LogP contribution < -0.4 is 0 Å². The lowest BCUT2D eigenvalue weighted by Gasteiger charge is -2.55. The Morgan fingerprint density at radius 2 is 0.837 bits per heavy atom. The summed E-state index contributed by atoms with van der Waals surface area (Å²) >= 11 is 0. The monoisotopic (exact) mass is 1960 g/mol. The zero-order valence-electron chi connectivity index (χ0n) is 90.8. The minimum Gasteiger partial charge on any atom is -0.523 e. The van der Waals surface area contributed by atoms with Crippen LogP contribution in [-0.4, -0.2) is 191 Å². The summed E-state index contributed by atoms with van der Waals surface area (Å²) in [6, 6.07) is 0. The molecule has 2 N–H and O–H groups in total. The van der Waals surface area contributed by atoms with Crippen LogP contribution in [0, 0.1) is 107 Å². The summed E-state index contributed by atoms with van der Waals surface area (Å²) in [5, 5.41) is 33.7. The lowest BCUT2D eigenvalue weighted by Crippen LogP contribution is -2.59. The molecule has 782 valence electrons. The molecular formula is C114H171N7O20. The first-order chi connectivity index (χ1) is 65.9. The van der Waals surface area contributed by atoms with E-state index in [2.05, 4.69) is 157 Å². The van der Waals surface area contributed by atoms with Crippen molar-refractivity contribution in [2.75, 3.05) is 81.3 Å². The fourth-order valence-electron chi connectivity index (χ4n) is 32.4. The summed E-state index contributed by atoms with van der Waals surface area (Å²) in [5.74, 6) is 3.23. The highest BCUT2D eigenvalue weighted by molar-refractivity contribution is 6.02. The molecule has 16 aliphatic carbocycles. The van der Waals surface area contributed by atoms with Gasteiger partial charge in [-0.25, -0.2) is 4.85 Å². The number of aliphatic hydroxyl groups excluding tert-OH is 2. The summed E-state index contributed by atoms with van der Waals surface area (Å²) < 4.78 is 73.9. The van der Waals surface area contributed by atoms with E-state index in [1.165, 1.54) is 39.2 Å². The fraction of sp³-hybridized carbons (Fsp3) is 0.789. The van der Waals surface area contributed by atoms with Crippen LogP contribution in [0.2, 0.25) is 0 Å². The normalized spacial score (nSPS) is 37.5. The summed E-state index contributed by atoms with van der Waals surface area (Å²) in [5.41, 5.74) is 9.80. The molecule has 6 heterocycles. The van der Waals surface area contributed by atoms with Gasteiger partial charge < -0.3 is 67.1 Å². The van der Waals surface area contributed by atoms with E-state index in [1.807, 2.05) is 75.9 Å². The van der Waals surface area contributed by atoms with E-state index in [-0.39, 0.29) is 123 Å². The number of methoxy groups -OCH3 is 3. The lowest BCUT2D eigenvalue weighted by atomic mass is 9.54. The third-order valence-electron chi connectivity index (χ3n) is 41.1. The third-order valence-corrected chi connectivity index (χ3v) is 41.1. The summed E-state index contributed by atoms with van der Waals surface area (Å²) in [4.78, 5) is 75.7. The molecule has 3 saturated heterocycles. The first-order valence-electron chi connectivity index (χ1n) is 52.9. The van der Waals surface area contributed by atoms with Gasteiger partial charge in [0.25, 0.3) is 0 Å². The Balaban J connectivity index is 0.000000122. The Morgan fingerprint density at radius 1 is 0.418 bits per heavy atom. The van der Waals surface area contributed by atoms with Crippen LogP contribution in [-0.2, 0) is 142 Å². The highest BCUT2D eigenvalue weighted by atomic mass is 16.8. The van der Waals surface area contributed by atoms with E-state index in [1.54, 1.807) is 21.3 Å². The summed E-state index contributed by atoms with van der Waals surface area (Å²) in [6.45, 7) is 60.2. The Labute approximate surface area is 839 Å². The van der Waals surface area contributed by atoms with Crippen molar-refractivity contribution in [2.24, 2.45) is 122 Å². The summed E-state index contributed by atoms with van der Waals surface area (Å²) in [7, 11) is 10.9. The van der Waals surface area contributed by atoms with Crippen LogP contribution in [0.1, 0.15) is 334 Å². The van der Waals surface area contributed by atoms with Gasteiger partial charge in [0, 0.05) is 194 Å². The van der Waals surface area contributed by atoms with Crippen LogP contribution in [0.4, 0.5) is 0 Å². The van der Waals surface area contributed by atoms with Gasteiger partial charge in [0.1, 0.15) is 49.3 Å². The van der Waals surface area contributed by atoms with Gasteiger partial charge >= 0.3 is 0 Å². The first-order valence-corrected chi connectivity index (χ1v) is 52.9. The number of carbonyl (C=O) groups excluding carboxylic acids is 6. The zero-order chi connectivity index (χ0) is 103. The highest BCUT2D eigenvalue weighted by Gasteiger charge is 2.71. The van der Waals surface area contributed by atoms with E-state index >= 15 is 0 Å². The molecule has 3 aliphatic heterocycles. The Bertz CT molecular complexity index is 5390. The number of ketones is 6. The van der Waals surface area contributed by atoms with Crippen LogP contribution in [0.25, 0.3) is 4.85 Å². The van der Waals surface area contributed by atoms with Gasteiger partial charge in [0.05, 0.1) is 87.9 Å². The van der Waals surface area contributed by atoms with Gasteiger partial charge in [0.15, 0.2) is 28.9 Å². The van der Waals surface area contributed by atoms with Gasteiger partial charge in [-0.15, -0.1) is 0 Å². The molecule has 3 spiro atoms. The molecule has 0 aromatic carbocycles. The summed E-state index contributed by atoms with van der Waals surface area (Å²) in [6.07, 6.45) is 34.9. The van der Waals surface area contributed by atoms with Gasteiger partial charge in [0.2, 0.25) is 5.70 Å². The molecule has 141 heavy (non-hydrogen) atoms. The molecule has 13 fully saturated rings. The SMILES string of the molecule is CC1(C)[C@H]2C/C(=C/O)C(=O)[C@@]2(C)CCC12OCCO2.CC1(C)[C@H]2CCC(=O)[C@@]2(C)CCC12OCCO2.COCO[C@H]1CC=C2C(C)(C)C(=O)CC[C@@]21C.COCO[C@H]1CCC2=CC(=O)CC[C@@]21C.COCO[C@H]1CC[C@@H]2C(C)(C)C(=O)CC[C@]12C.Cn1cc2c(n1)[C@@]1(C)CCC(=O)C(C)(C)[C@H]1C2.Cn1cc2c(n1)[C@@]1(C)CCC3(OCCO3)C(C)(C)[C@H]1C2.[C-]#[N+]C1=C(O)C(C)(C)[C@H]2Cc3cn(C)nc3[C@@]2(C)C1. The minimum absolute atomic E-state index is 0.00986. The van der Waals surface area contributed by atoms with Crippen molar-refractivity contribution in [3.63, 3.8) is 0 Å². The maximum Gasteiger partial charge on any atom is 0.203 e. The van der Waals surface area contributed by atoms with Gasteiger partial charge in [-0.3, -0.25) is 42.8 Å². The van der Waals surface area contributed by atoms with Gasteiger partial charge in [-0.2, -0.15) is 15.3 Å². The number of allylic oxidation sites excluding steroid dienone is 4. The molecular weight excluding hydrogens is 1790 g/mol. The number of Topliss-reactive ketones (excluding diaryl/α,β-unsaturated/α-hetero) is 5. The maximum atomic E-state index is 12.5. The number of rotatable bonds is 9. The molecule has 22 rings (SSSR count). The molecule has 0 radical (unpaired) electrons. The second-order valence-corrected chi connectivity index (χ2v) is 51.0. The number of aromatic nitrogens is 6. The number of hydrogen-bond acceptors (Lipinski definition) is 23. The average molecular weight is 1960 g/mol. The minimum atomic E-state index is -0.553. The number of fused-ring (bicyclic) bond motifs is 14. The molecule has 17 atom stereocenters. The van der Waals surface area contributed by atoms with Crippen molar-refractivity contribution in [2.45, 2.75) is 371 Å². The van der Waals surface area contributed by atoms with Crippen LogP contribution in [0.3, 0.4) is 0 Å². The van der Waals surface area contributed by atoms with Crippen molar-refractivity contribution in [1.29, 1.82) is 0 Å².